The fourth-order valence-corrected chi connectivity index (χ4v) is 7.80. The number of carbonyl (C=O) groups excluding carboxylic acids is 2. The summed E-state index contributed by atoms with van der Waals surface area (Å²) in [5.74, 6) is -0.689. The molecule has 3 aliphatic rings. The van der Waals surface area contributed by atoms with Gasteiger partial charge in [0.15, 0.2) is 5.65 Å². The number of halogens is 1. The predicted molar refractivity (Wildman–Crippen MR) is 196 cm³/mol. The lowest BCUT2D eigenvalue weighted by atomic mass is 10.0. The molecule has 50 heavy (non-hydrogen) atoms. The number of nitrogens with one attached hydrogen (secondary N) is 4. The average Bonchev–Trinajstić information content (AvgIpc) is 3.87. The summed E-state index contributed by atoms with van der Waals surface area (Å²) >= 11 is 6.67. The van der Waals surface area contributed by atoms with Gasteiger partial charge >= 0.3 is 0 Å². The highest BCUT2D eigenvalue weighted by Gasteiger charge is 2.37. The largest absolute Gasteiger partial charge is 0.381 e. The lowest BCUT2D eigenvalue weighted by molar-refractivity contribution is -0.129. The lowest BCUT2D eigenvalue weighted by Crippen LogP contribution is -2.42. The van der Waals surface area contributed by atoms with Crippen molar-refractivity contribution in [1.29, 1.82) is 0 Å². The topological polar surface area (TPSA) is 125 Å². The number of pyridine rings is 1. The molecule has 5 heterocycles. The van der Waals surface area contributed by atoms with Crippen molar-refractivity contribution >= 4 is 40.1 Å². The number of hydrogen-bond acceptors (Lipinski definition) is 8. The van der Waals surface area contributed by atoms with E-state index in [-0.39, 0.29) is 30.8 Å². The molecule has 0 unspecified atom stereocenters. The van der Waals surface area contributed by atoms with Gasteiger partial charge in [0.25, 0.3) is 0 Å². The van der Waals surface area contributed by atoms with Gasteiger partial charge in [0, 0.05) is 92.5 Å². The molecule has 3 saturated heterocycles. The van der Waals surface area contributed by atoms with Crippen molar-refractivity contribution < 1.29 is 14.3 Å². The van der Waals surface area contributed by atoms with Gasteiger partial charge in [0.05, 0.1) is 17.3 Å². The summed E-state index contributed by atoms with van der Waals surface area (Å²) in [6, 6.07) is 15.8. The highest BCUT2D eigenvalue weighted by atomic mass is 35.5. The number of anilines is 1. The number of aryl methyl sites for hydroxylation is 2. The summed E-state index contributed by atoms with van der Waals surface area (Å²) in [7, 11) is 0. The van der Waals surface area contributed by atoms with Crippen LogP contribution >= 0.6 is 11.6 Å². The number of likely N-dealkylation sites (tertiary alicyclic amines) is 1. The molecule has 11 nitrogen and oxygen atoms in total. The second-order valence-electron chi connectivity index (χ2n) is 13.7. The van der Waals surface area contributed by atoms with Crippen LogP contribution in [0.1, 0.15) is 61.9 Å². The smallest absolute Gasteiger partial charge is 0.229 e. The van der Waals surface area contributed by atoms with Gasteiger partial charge < -0.3 is 26.0 Å². The van der Waals surface area contributed by atoms with Gasteiger partial charge in [-0.1, -0.05) is 42.8 Å². The number of carbonyl (C=O) groups is 2. The maximum Gasteiger partial charge on any atom is 0.229 e. The summed E-state index contributed by atoms with van der Waals surface area (Å²) in [4.78, 5) is 33.5. The first-order chi connectivity index (χ1) is 24.4. The first-order valence-corrected chi connectivity index (χ1v) is 18.4. The van der Waals surface area contributed by atoms with Crippen LogP contribution in [-0.2, 0) is 46.9 Å². The van der Waals surface area contributed by atoms with Crippen LogP contribution in [-0.4, -0.2) is 75.9 Å². The third kappa shape index (κ3) is 7.66. The number of fused-ring (bicyclic) bond motifs is 3. The fourth-order valence-electron chi connectivity index (χ4n) is 7.58. The quantitative estimate of drug-likeness (QED) is 0.147. The van der Waals surface area contributed by atoms with Gasteiger partial charge in [-0.2, -0.15) is 5.10 Å². The van der Waals surface area contributed by atoms with Crippen molar-refractivity contribution in [2.45, 2.75) is 90.3 Å². The third-order valence-electron chi connectivity index (χ3n) is 10.3. The average molecular weight is 699 g/mol. The van der Waals surface area contributed by atoms with Crippen LogP contribution in [0.3, 0.4) is 0 Å². The molecule has 4 N–H and O–H groups in total. The van der Waals surface area contributed by atoms with E-state index in [1.807, 2.05) is 36.0 Å². The normalized spacial score (nSPS) is 19.3. The Morgan fingerprint density at radius 3 is 2.60 bits per heavy atom. The van der Waals surface area contributed by atoms with E-state index in [2.05, 4.69) is 62.5 Å². The molecule has 264 valence electrons. The molecule has 0 saturated carbocycles. The molecule has 7 rings (SSSR count). The van der Waals surface area contributed by atoms with Crippen molar-refractivity contribution in [2.24, 2.45) is 0 Å². The van der Waals surface area contributed by atoms with E-state index in [0.29, 0.717) is 49.8 Å². The van der Waals surface area contributed by atoms with Crippen LogP contribution in [0.4, 0.5) is 5.69 Å². The van der Waals surface area contributed by atoms with E-state index in [4.69, 9.17) is 21.3 Å². The Bertz CT molecular complexity index is 1860. The van der Waals surface area contributed by atoms with Crippen molar-refractivity contribution in [3.05, 3.63) is 76.1 Å². The molecule has 2 bridgehead atoms. The number of rotatable bonds is 13. The number of ether oxygens (including phenoxy) is 1. The van der Waals surface area contributed by atoms with Crippen LogP contribution in [0.15, 0.2) is 48.7 Å². The van der Waals surface area contributed by atoms with Crippen molar-refractivity contribution in [1.82, 2.24) is 35.6 Å². The fraction of sp³-hybridized carbons (Fsp3) is 0.474. The van der Waals surface area contributed by atoms with Gasteiger partial charge in [0.2, 0.25) is 11.8 Å². The summed E-state index contributed by atoms with van der Waals surface area (Å²) in [6.07, 6.45) is 5.31. The predicted octanol–water partition coefficient (Wildman–Crippen LogP) is 4.79. The Hall–Kier alpha value is -4.03. The minimum absolute atomic E-state index is 0.254. The van der Waals surface area contributed by atoms with E-state index in [1.54, 1.807) is 0 Å². The van der Waals surface area contributed by atoms with Crippen LogP contribution in [0.25, 0.3) is 22.2 Å². The Morgan fingerprint density at radius 1 is 1.04 bits per heavy atom. The SMILES string of the molecule is CCc1nc2c(cnn2CC)c(NC2CCOCC2)c1CNC(=O)CC(=O)NCc1ccc(Cl)c(-c2cccc(CN3C[C@@H]4C[C@H]3CN4)c2)c1. The molecule has 0 aliphatic carbocycles. The molecule has 2 aromatic carbocycles. The van der Waals surface area contributed by atoms with Crippen LogP contribution in [0, 0.1) is 0 Å². The van der Waals surface area contributed by atoms with E-state index >= 15 is 0 Å². The molecule has 0 radical (unpaired) electrons. The zero-order valence-corrected chi connectivity index (χ0v) is 29.7. The molecular formula is C38H47ClN8O3. The molecule has 3 fully saturated rings. The molecule has 2 aromatic heterocycles. The first-order valence-electron chi connectivity index (χ1n) is 18.0. The zero-order chi connectivity index (χ0) is 34.6. The van der Waals surface area contributed by atoms with Gasteiger partial charge in [-0.15, -0.1) is 0 Å². The van der Waals surface area contributed by atoms with E-state index < -0.39 is 0 Å². The Morgan fingerprint density at radius 2 is 1.86 bits per heavy atom. The van der Waals surface area contributed by atoms with Crippen LogP contribution in [0.5, 0.6) is 0 Å². The molecule has 2 atom stereocenters. The number of piperazine rings is 1. The maximum atomic E-state index is 13.1. The highest BCUT2D eigenvalue weighted by molar-refractivity contribution is 6.33. The van der Waals surface area contributed by atoms with E-state index in [0.717, 1.165) is 77.1 Å². The summed E-state index contributed by atoms with van der Waals surface area (Å²) in [5.41, 5.74) is 7.76. The number of aromatic nitrogens is 3. The standard InChI is InChI=1S/C38H47ClN8O3/c1-3-34-31(37(44-27-10-12-50-13-11-27)32-21-43-47(4-2)38(32)45-34)20-42-36(49)17-35(48)41-18-24-8-9-33(39)30(15-24)26-7-5-6-25(14-26)22-46-23-28-16-29(46)19-40-28/h5-9,14-15,21,27-29,40H,3-4,10-13,16-20,22-23H2,1-2H3,(H,41,48)(H,42,49)(H,44,45)/t28-,29-/m0/s1. The molecule has 2 amide bonds. The van der Waals surface area contributed by atoms with E-state index in [9.17, 15) is 9.59 Å². The van der Waals surface area contributed by atoms with E-state index in [1.165, 1.54) is 12.0 Å². The lowest BCUT2D eigenvalue weighted by Gasteiger charge is -2.27. The molecule has 3 aliphatic heterocycles. The molecule has 0 spiro atoms. The summed E-state index contributed by atoms with van der Waals surface area (Å²) < 4.78 is 7.47. The number of amides is 2. The van der Waals surface area contributed by atoms with Crippen LogP contribution in [0.2, 0.25) is 5.02 Å². The third-order valence-corrected chi connectivity index (χ3v) is 10.6. The summed E-state index contributed by atoms with van der Waals surface area (Å²) in [5, 5.41) is 19.4. The summed E-state index contributed by atoms with van der Waals surface area (Å²) in [6.45, 7) is 9.89. The highest BCUT2D eigenvalue weighted by Crippen LogP contribution is 2.33. The van der Waals surface area contributed by atoms with Gasteiger partial charge in [-0.05, 0) is 67.5 Å². The second-order valence-corrected chi connectivity index (χ2v) is 14.1. The minimum atomic E-state index is -0.346. The Balaban J connectivity index is 0.973. The number of hydrogen-bond donors (Lipinski definition) is 4. The molecule has 4 aromatic rings. The molecule has 12 heteroatoms. The first kappa shape index (κ1) is 34.4. The van der Waals surface area contributed by atoms with Gasteiger partial charge in [-0.3, -0.25) is 14.5 Å². The minimum Gasteiger partial charge on any atom is -0.381 e. The van der Waals surface area contributed by atoms with Gasteiger partial charge in [0.1, 0.15) is 6.42 Å². The zero-order valence-electron chi connectivity index (χ0n) is 28.9. The van der Waals surface area contributed by atoms with Crippen LogP contribution < -0.4 is 21.3 Å². The van der Waals surface area contributed by atoms with Crippen molar-refractivity contribution in [2.75, 3.05) is 31.6 Å². The van der Waals surface area contributed by atoms with Gasteiger partial charge in [-0.25, -0.2) is 9.67 Å². The molecular weight excluding hydrogens is 652 g/mol. The van der Waals surface area contributed by atoms with Crippen molar-refractivity contribution in [3.63, 3.8) is 0 Å². The monoisotopic (exact) mass is 698 g/mol. The maximum absolute atomic E-state index is 13.1. The Labute approximate surface area is 298 Å². The number of benzene rings is 2. The Kier molecular flexibility index (Phi) is 10.6. The number of nitrogens with zero attached hydrogens (tertiary/aromatic N) is 4. The second kappa shape index (κ2) is 15.5. The van der Waals surface area contributed by atoms with Crippen molar-refractivity contribution in [3.8, 4) is 11.1 Å².